The van der Waals surface area contributed by atoms with Gasteiger partial charge in [-0.1, -0.05) is 35.3 Å². The summed E-state index contributed by atoms with van der Waals surface area (Å²) in [6.07, 6.45) is 2.24. The Balaban J connectivity index is 1.80. The number of carboxylic acid groups (broad SMARTS) is 1. The molecule has 1 aliphatic rings. The molecule has 0 heterocycles. The van der Waals surface area contributed by atoms with E-state index in [1.807, 2.05) is 12.1 Å². The zero-order valence-electron chi connectivity index (χ0n) is 11.4. The van der Waals surface area contributed by atoms with E-state index in [4.69, 9.17) is 28.3 Å². The molecule has 1 saturated carbocycles. The Kier molecular flexibility index (Phi) is 5.48. The normalized spacial score (nSPS) is 21.2. The van der Waals surface area contributed by atoms with Crippen molar-refractivity contribution in [3.8, 4) is 0 Å². The maximum atomic E-state index is 12.0. The van der Waals surface area contributed by atoms with Gasteiger partial charge in [-0.3, -0.25) is 9.59 Å². The van der Waals surface area contributed by atoms with E-state index in [-0.39, 0.29) is 17.7 Å². The van der Waals surface area contributed by atoms with Gasteiger partial charge in [0.1, 0.15) is 0 Å². The highest BCUT2D eigenvalue weighted by Crippen LogP contribution is 2.31. The second-order valence-electron chi connectivity index (χ2n) is 5.30. The summed E-state index contributed by atoms with van der Waals surface area (Å²) in [4.78, 5) is 22.9. The van der Waals surface area contributed by atoms with E-state index in [9.17, 15) is 9.59 Å². The van der Waals surface area contributed by atoms with Crippen molar-refractivity contribution in [3.05, 3.63) is 33.8 Å². The van der Waals surface area contributed by atoms with E-state index in [0.717, 1.165) is 5.56 Å². The van der Waals surface area contributed by atoms with Gasteiger partial charge in [0.15, 0.2) is 0 Å². The molecule has 1 amide bonds. The maximum absolute atomic E-state index is 12.0. The Morgan fingerprint density at radius 3 is 2.62 bits per heavy atom. The monoisotopic (exact) mass is 329 g/mol. The highest BCUT2D eigenvalue weighted by atomic mass is 35.5. The Morgan fingerprint density at radius 2 is 1.95 bits per heavy atom. The fourth-order valence-corrected chi connectivity index (χ4v) is 3.06. The van der Waals surface area contributed by atoms with E-state index in [2.05, 4.69) is 5.32 Å². The van der Waals surface area contributed by atoms with Crippen molar-refractivity contribution >= 4 is 35.1 Å². The van der Waals surface area contributed by atoms with Gasteiger partial charge in [0.05, 0.1) is 16.0 Å². The molecule has 6 heteroatoms. The lowest BCUT2D eigenvalue weighted by atomic mass is 10.0. The lowest BCUT2D eigenvalue weighted by Crippen LogP contribution is -2.31. The molecule has 1 aromatic rings. The van der Waals surface area contributed by atoms with Crippen LogP contribution in [0.25, 0.3) is 0 Å². The van der Waals surface area contributed by atoms with E-state index in [0.29, 0.717) is 42.3 Å². The predicted molar refractivity (Wildman–Crippen MR) is 81.6 cm³/mol. The third-order valence-electron chi connectivity index (χ3n) is 3.88. The minimum Gasteiger partial charge on any atom is -0.481 e. The number of nitrogens with one attached hydrogen (secondary N) is 1. The predicted octanol–water partition coefficient (Wildman–Crippen LogP) is 3.15. The molecule has 2 atom stereocenters. The summed E-state index contributed by atoms with van der Waals surface area (Å²) in [5, 5.41) is 12.8. The van der Waals surface area contributed by atoms with E-state index in [1.165, 1.54) is 0 Å². The molecule has 0 radical (unpaired) electrons. The van der Waals surface area contributed by atoms with Gasteiger partial charge in [-0.2, -0.15) is 0 Å². The number of hydrogen-bond donors (Lipinski definition) is 2. The minimum atomic E-state index is -0.809. The highest BCUT2D eigenvalue weighted by molar-refractivity contribution is 6.42. The van der Waals surface area contributed by atoms with E-state index < -0.39 is 5.97 Å². The summed E-state index contributed by atoms with van der Waals surface area (Å²) >= 11 is 12.0. The molecule has 2 N–H and O–H groups in total. The molecule has 1 aliphatic carbocycles. The average Bonchev–Trinajstić information content (AvgIpc) is 2.93. The van der Waals surface area contributed by atoms with E-state index in [1.54, 1.807) is 6.07 Å². The fraction of sp³-hybridized carbons (Fsp3) is 0.467. The molecule has 0 spiro atoms. The number of aliphatic carboxylic acids is 1. The molecule has 0 bridgehead atoms. The zero-order valence-corrected chi connectivity index (χ0v) is 13.0. The zero-order chi connectivity index (χ0) is 15.4. The van der Waals surface area contributed by atoms with Gasteiger partial charge in [-0.05, 0) is 37.3 Å². The third-order valence-corrected chi connectivity index (χ3v) is 4.74. The van der Waals surface area contributed by atoms with Crippen molar-refractivity contribution in [2.24, 2.45) is 11.8 Å². The van der Waals surface area contributed by atoms with Crippen molar-refractivity contribution in [2.75, 3.05) is 6.54 Å². The van der Waals surface area contributed by atoms with Crippen LogP contribution in [-0.4, -0.2) is 23.5 Å². The van der Waals surface area contributed by atoms with Crippen LogP contribution in [-0.2, 0) is 16.0 Å². The number of amides is 1. The summed E-state index contributed by atoms with van der Waals surface area (Å²) in [7, 11) is 0. The molecule has 1 fully saturated rings. The van der Waals surface area contributed by atoms with Crippen LogP contribution in [0.4, 0.5) is 0 Å². The number of benzene rings is 1. The molecular weight excluding hydrogens is 313 g/mol. The van der Waals surface area contributed by atoms with E-state index >= 15 is 0 Å². The summed E-state index contributed by atoms with van der Waals surface area (Å²) in [5.41, 5.74) is 0.888. The molecule has 21 heavy (non-hydrogen) atoms. The second kappa shape index (κ2) is 7.14. The molecule has 114 valence electrons. The molecule has 1 aromatic carbocycles. The lowest BCUT2D eigenvalue weighted by molar-refractivity contribution is -0.141. The van der Waals surface area contributed by atoms with Gasteiger partial charge in [-0.15, -0.1) is 0 Å². The third kappa shape index (κ3) is 4.11. The van der Waals surface area contributed by atoms with Crippen LogP contribution in [0.5, 0.6) is 0 Å². The highest BCUT2D eigenvalue weighted by Gasteiger charge is 2.33. The van der Waals surface area contributed by atoms with Crippen LogP contribution in [0.3, 0.4) is 0 Å². The number of hydrogen-bond acceptors (Lipinski definition) is 2. The first-order chi connectivity index (χ1) is 9.99. The van der Waals surface area contributed by atoms with Crippen LogP contribution < -0.4 is 5.32 Å². The van der Waals surface area contributed by atoms with Crippen molar-refractivity contribution < 1.29 is 14.7 Å². The number of rotatable bonds is 5. The van der Waals surface area contributed by atoms with Crippen molar-refractivity contribution in [1.29, 1.82) is 0 Å². The van der Waals surface area contributed by atoms with Crippen LogP contribution in [0.1, 0.15) is 24.8 Å². The number of halogens is 2. The topological polar surface area (TPSA) is 66.4 Å². The van der Waals surface area contributed by atoms with Crippen LogP contribution in [0.15, 0.2) is 18.2 Å². The Hall–Kier alpha value is -1.26. The van der Waals surface area contributed by atoms with Crippen LogP contribution in [0.2, 0.25) is 10.0 Å². The molecule has 0 saturated heterocycles. The van der Waals surface area contributed by atoms with Gasteiger partial charge in [-0.25, -0.2) is 0 Å². The van der Waals surface area contributed by atoms with Gasteiger partial charge in [0.2, 0.25) is 5.91 Å². The van der Waals surface area contributed by atoms with Gasteiger partial charge in [0, 0.05) is 12.5 Å². The van der Waals surface area contributed by atoms with Crippen LogP contribution >= 0.6 is 23.2 Å². The smallest absolute Gasteiger partial charge is 0.306 e. The molecule has 2 rings (SSSR count). The Labute approximate surface area is 133 Å². The fourth-order valence-electron chi connectivity index (χ4n) is 2.65. The summed E-state index contributed by atoms with van der Waals surface area (Å²) in [5.74, 6) is -1.46. The summed E-state index contributed by atoms with van der Waals surface area (Å²) in [6, 6.07) is 5.41. The first-order valence-electron chi connectivity index (χ1n) is 6.92. The lowest BCUT2D eigenvalue weighted by Gasteiger charge is -2.11. The first-order valence-corrected chi connectivity index (χ1v) is 7.68. The molecule has 4 nitrogen and oxygen atoms in total. The number of carboxylic acids is 1. The minimum absolute atomic E-state index is 0.0723. The first kappa shape index (κ1) is 16.1. The van der Waals surface area contributed by atoms with Crippen molar-refractivity contribution in [1.82, 2.24) is 5.32 Å². The standard InChI is InChI=1S/C15H17Cl2NO3/c16-12-3-1-2-9(13(12)17)6-7-18-14(19)10-4-5-11(8-10)15(20)21/h1-3,10-11H,4-8H2,(H,18,19)(H,20,21)/t10-,11+/m0/s1. The van der Waals surface area contributed by atoms with Crippen molar-refractivity contribution in [2.45, 2.75) is 25.7 Å². The van der Waals surface area contributed by atoms with Gasteiger partial charge in [0.25, 0.3) is 0 Å². The molecule has 0 aromatic heterocycles. The Morgan fingerprint density at radius 1 is 1.24 bits per heavy atom. The number of carbonyl (C=O) groups excluding carboxylic acids is 1. The van der Waals surface area contributed by atoms with Crippen molar-refractivity contribution in [3.63, 3.8) is 0 Å². The van der Waals surface area contributed by atoms with Gasteiger partial charge >= 0.3 is 5.97 Å². The molecular formula is C15H17Cl2NO3. The maximum Gasteiger partial charge on any atom is 0.306 e. The SMILES string of the molecule is O=C(O)[C@@H]1CC[C@H](C(=O)NCCc2cccc(Cl)c2Cl)C1. The average molecular weight is 330 g/mol. The number of carbonyl (C=O) groups is 2. The molecule has 0 unspecified atom stereocenters. The van der Waals surface area contributed by atoms with Crippen LogP contribution in [0, 0.1) is 11.8 Å². The largest absolute Gasteiger partial charge is 0.481 e. The second-order valence-corrected chi connectivity index (χ2v) is 6.08. The quantitative estimate of drug-likeness (QED) is 0.871. The molecule has 0 aliphatic heterocycles. The summed E-state index contributed by atoms with van der Waals surface area (Å²) in [6.45, 7) is 0.465. The Bertz CT molecular complexity index is 548. The summed E-state index contributed by atoms with van der Waals surface area (Å²) < 4.78 is 0. The van der Waals surface area contributed by atoms with Gasteiger partial charge < -0.3 is 10.4 Å².